The summed E-state index contributed by atoms with van der Waals surface area (Å²) < 4.78 is 61.2. The number of halogens is 1. The maximum Gasteiger partial charge on any atom is 0.459 e. The summed E-state index contributed by atoms with van der Waals surface area (Å²) in [5.41, 5.74) is 4.03. The Morgan fingerprint density at radius 2 is 1.93 bits per heavy atom. The lowest BCUT2D eigenvalue weighted by atomic mass is 9.96. The quantitative estimate of drug-likeness (QED) is 0.0949. The molecule has 3 aromatic rings. The van der Waals surface area contributed by atoms with Gasteiger partial charge in [0.2, 0.25) is 16.0 Å². The SMILES string of the molecule is CC(C)OC(=O)C(C)NP(=O)(OC[C@H]1O[C@@H](n2cnc3c(N(C)NS(C)(=O)=O)nc(N)nc32)[C@](C)(O)[C@@H]1O)Oc1ccc(Cl)cc1. The van der Waals surface area contributed by atoms with Gasteiger partial charge in [0.05, 0.1) is 25.3 Å². The van der Waals surface area contributed by atoms with Crippen molar-refractivity contribution in [2.45, 2.75) is 63.9 Å². The standard InChI is InChI=1S/C25H36ClN8O10PS/c1-13(2)42-22(36)14(3)31-45(38,44-16-9-7-15(26)8-10-16)41-11-17-19(35)25(4,37)23(43-17)34-12-28-18-20(29-24(27)30-21(18)34)33(5)32-46(6,39)40/h7-10,12-14,17,19,23,32,35,37H,11H2,1-6H3,(H,31,38)(H2,27,29,30)/t14?,17-,19-,23-,25-,45?/m1/s1. The molecule has 2 unspecified atom stereocenters. The highest BCUT2D eigenvalue weighted by Gasteiger charge is 2.54. The van der Waals surface area contributed by atoms with Crippen molar-refractivity contribution in [3.05, 3.63) is 35.6 Å². The Balaban J connectivity index is 1.60. The summed E-state index contributed by atoms with van der Waals surface area (Å²) in [6, 6.07) is 4.73. The number of nitrogen functional groups attached to an aromatic ring is 1. The Morgan fingerprint density at radius 3 is 2.54 bits per heavy atom. The molecule has 21 heteroatoms. The predicted molar refractivity (Wildman–Crippen MR) is 166 cm³/mol. The van der Waals surface area contributed by atoms with E-state index in [1.807, 2.05) is 0 Å². The molecule has 254 valence electrons. The predicted octanol–water partition coefficient (Wildman–Crippen LogP) is 1.11. The summed E-state index contributed by atoms with van der Waals surface area (Å²) in [6.45, 7) is 5.42. The van der Waals surface area contributed by atoms with Gasteiger partial charge in [0.25, 0.3) is 0 Å². The van der Waals surface area contributed by atoms with Crippen molar-refractivity contribution < 1.29 is 46.5 Å². The number of imidazole rings is 1. The fourth-order valence-electron chi connectivity index (χ4n) is 4.51. The number of nitrogens with two attached hydrogens (primary N) is 1. The molecule has 1 aliphatic heterocycles. The van der Waals surface area contributed by atoms with Crippen LogP contribution in [0.25, 0.3) is 11.2 Å². The summed E-state index contributed by atoms with van der Waals surface area (Å²) in [5.74, 6) is -0.874. The number of hydrogen-bond donors (Lipinski definition) is 5. The number of carbonyl (C=O) groups excluding carboxylic acids is 1. The van der Waals surface area contributed by atoms with Gasteiger partial charge in [-0.3, -0.25) is 18.9 Å². The number of hydrazine groups is 1. The van der Waals surface area contributed by atoms with E-state index in [1.54, 1.807) is 13.8 Å². The van der Waals surface area contributed by atoms with E-state index in [0.29, 0.717) is 5.02 Å². The highest BCUT2D eigenvalue weighted by Crippen LogP contribution is 2.47. The van der Waals surface area contributed by atoms with E-state index in [4.69, 9.17) is 35.9 Å². The van der Waals surface area contributed by atoms with Crippen LogP contribution in [-0.4, -0.2) is 94.0 Å². The Bertz CT molecular complexity index is 1730. The minimum absolute atomic E-state index is 0.00113. The number of nitrogens with one attached hydrogen (secondary N) is 2. The van der Waals surface area contributed by atoms with Crippen LogP contribution in [0, 0.1) is 0 Å². The molecular weight excluding hydrogens is 671 g/mol. The topological polar surface area (TPSA) is 243 Å². The molecule has 18 nitrogen and oxygen atoms in total. The number of aromatic nitrogens is 4. The number of sulfonamides is 1. The molecule has 1 aromatic carbocycles. The Labute approximate surface area is 269 Å². The zero-order valence-electron chi connectivity index (χ0n) is 25.7. The largest absolute Gasteiger partial charge is 0.462 e. The minimum Gasteiger partial charge on any atom is -0.462 e. The number of anilines is 2. The van der Waals surface area contributed by atoms with Gasteiger partial charge in [0.1, 0.15) is 29.6 Å². The number of esters is 1. The number of hydrogen-bond acceptors (Lipinski definition) is 15. The van der Waals surface area contributed by atoms with Crippen molar-refractivity contribution in [2.24, 2.45) is 0 Å². The van der Waals surface area contributed by atoms with E-state index in [2.05, 4.69) is 24.9 Å². The fraction of sp³-hybridized carbons (Fsp3) is 0.520. The van der Waals surface area contributed by atoms with Crippen molar-refractivity contribution in [1.82, 2.24) is 29.4 Å². The summed E-state index contributed by atoms with van der Waals surface area (Å²) >= 11 is 5.95. The molecule has 6 N–H and O–H groups in total. The van der Waals surface area contributed by atoms with Crippen LogP contribution in [-0.2, 0) is 33.4 Å². The second-order valence-electron chi connectivity index (χ2n) is 11.0. The molecule has 0 aliphatic carbocycles. The number of carbonyl (C=O) groups is 1. The van der Waals surface area contributed by atoms with Crippen LogP contribution in [0.4, 0.5) is 11.8 Å². The van der Waals surface area contributed by atoms with Crippen molar-refractivity contribution >= 4 is 58.3 Å². The minimum atomic E-state index is -4.38. The molecule has 0 amide bonds. The number of fused-ring (bicyclic) bond motifs is 1. The number of benzene rings is 1. The monoisotopic (exact) mass is 706 g/mol. The third-order valence-electron chi connectivity index (χ3n) is 6.55. The zero-order valence-corrected chi connectivity index (χ0v) is 28.2. The van der Waals surface area contributed by atoms with Crippen LogP contribution < -0.4 is 25.2 Å². The zero-order chi connectivity index (χ0) is 34.2. The van der Waals surface area contributed by atoms with Gasteiger partial charge in [-0.1, -0.05) is 11.6 Å². The molecule has 0 saturated carbocycles. The second-order valence-corrected chi connectivity index (χ2v) is 14.9. The second kappa shape index (κ2) is 13.5. The van der Waals surface area contributed by atoms with E-state index in [9.17, 15) is 28.0 Å². The van der Waals surface area contributed by atoms with E-state index in [0.717, 1.165) is 11.3 Å². The van der Waals surface area contributed by atoms with Gasteiger partial charge in [-0.25, -0.2) is 18.0 Å². The van der Waals surface area contributed by atoms with Crippen LogP contribution in [0.1, 0.15) is 33.9 Å². The van der Waals surface area contributed by atoms with Crippen LogP contribution in [0.3, 0.4) is 0 Å². The molecule has 0 bridgehead atoms. The Hall–Kier alpha value is -3.13. The number of nitrogens with zero attached hydrogens (tertiary/aromatic N) is 5. The maximum absolute atomic E-state index is 13.9. The summed E-state index contributed by atoms with van der Waals surface area (Å²) in [6.07, 6.45) is -2.51. The molecule has 46 heavy (non-hydrogen) atoms. The van der Waals surface area contributed by atoms with E-state index >= 15 is 0 Å². The lowest BCUT2D eigenvalue weighted by molar-refractivity contribution is -0.149. The van der Waals surface area contributed by atoms with Crippen molar-refractivity contribution in [3.63, 3.8) is 0 Å². The fourth-order valence-corrected chi connectivity index (χ4v) is 6.73. The molecule has 4 rings (SSSR count). The van der Waals surface area contributed by atoms with E-state index in [1.165, 1.54) is 56.1 Å². The van der Waals surface area contributed by atoms with Gasteiger partial charge in [0, 0.05) is 12.1 Å². The van der Waals surface area contributed by atoms with Gasteiger partial charge < -0.3 is 29.9 Å². The Morgan fingerprint density at radius 1 is 1.28 bits per heavy atom. The van der Waals surface area contributed by atoms with Gasteiger partial charge in [-0.05, 0) is 52.0 Å². The number of ether oxygens (including phenoxy) is 2. The average Bonchev–Trinajstić information content (AvgIpc) is 3.44. The normalized spacial score (nSPS) is 23.7. The molecule has 1 fully saturated rings. The molecule has 6 atom stereocenters. The van der Waals surface area contributed by atoms with Crippen LogP contribution in [0.5, 0.6) is 5.75 Å². The molecular formula is C25H36ClN8O10PS. The summed E-state index contributed by atoms with van der Waals surface area (Å²) in [7, 11) is -6.69. The molecule has 1 aliphatic rings. The number of aliphatic hydroxyl groups excluding tert-OH is 1. The smallest absolute Gasteiger partial charge is 0.459 e. The lowest BCUT2D eigenvalue weighted by Crippen LogP contribution is -2.44. The van der Waals surface area contributed by atoms with Crippen molar-refractivity contribution in [3.8, 4) is 5.75 Å². The molecule has 1 saturated heterocycles. The first-order chi connectivity index (χ1) is 21.3. The first-order valence-corrected chi connectivity index (χ1v) is 17.6. The summed E-state index contributed by atoms with van der Waals surface area (Å²) in [4.78, 5) is 27.2. The van der Waals surface area contributed by atoms with Crippen molar-refractivity contribution in [1.29, 1.82) is 0 Å². The van der Waals surface area contributed by atoms with E-state index < -0.39 is 66.5 Å². The lowest BCUT2D eigenvalue weighted by Gasteiger charge is -2.27. The number of aliphatic hydroxyl groups is 2. The van der Waals surface area contributed by atoms with Crippen LogP contribution >= 0.6 is 19.3 Å². The average molecular weight is 707 g/mol. The van der Waals surface area contributed by atoms with Crippen LogP contribution in [0.15, 0.2) is 30.6 Å². The van der Waals surface area contributed by atoms with Gasteiger partial charge in [-0.2, -0.15) is 15.1 Å². The van der Waals surface area contributed by atoms with Crippen molar-refractivity contribution in [2.75, 3.05) is 30.7 Å². The molecule has 2 aromatic heterocycles. The first kappa shape index (κ1) is 35.7. The van der Waals surface area contributed by atoms with Gasteiger partial charge in [-0.15, -0.1) is 4.83 Å². The highest BCUT2D eigenvalue weighted by molar-refractivity contribution is 7.88. The molecule has 0 radical (unpaired) electrons. The van der Waals surface area contributed by atoms with Gasteiger partial charge in [0.15, 0.2) is 23.2 Å². The maximum atomic E-state index is 13.9. The number of rotatable bonds is 13. The molecule has 0 spiro atoms. The Kier molecular flexibility index (Phi) is 10.5. The third-order valence-corrected chi connectivity index (χ3v) is 9.05. The van der Waals surface area contributed by atoms with Crippen LogP contribution in [0.2, 0.25) is 5.02 Å². The van der Waals surface area contributed by atoms with Gasteiger partial charge >= 0.3 is 13.7 Å². The first-order valence-electron chi connectivity index (χ1n) is 13.7. The molecule has 3 heterocycles. The highest BCUT2D eigenvalue weighted by atomic mass is 35.5. The summed E-state index contributed by atoms with van der Waals surface area (Å²) in [5, 5.41) is 26.5. The third kappa shape index (κ3) is 8.23. The van der Waals surface area contributed by atoms with E-state index in [-0.39, 0.29) is 28.7 Å².